The molecule has 0 aromatic heterocycles. The second-order valence-electron chi connectivity index (χ2n) is 7.22. The van der Waals surface area contributed by atoms with E-state index in [-0.39, 0.29) is 0 Å². The van der Waals surface area contributed by atoms with Crippen LogP contribution in [0.2, 0.25) is 0 Å². The van der Waals surface area contributed by atoms with Gasteiger partial charge in [0.05, 0.1) is 16.6 Å². The summed E-state index contributed by atoms with van der Waals surface area (Å²) in [7, 11) is -1.33. The highest BCUT2D eigenvalue weighted by Crippen LogP contribution is 2.45. The highest BCUT2D eigenvalue weighted by molar-refractivity contribution is 7.99. The molecule has 0 spiro atoms. The zero-order chi connectivity index (χ0) is 19.0. The maximum Gasteiger partial charge on any atom is 0.220 e. The fourth-order valence-corrected chi connectivity index (χ4v) is 6.21. The van der Waals surface area contributed by atoms with Crippen LogP contribution < -0.4 is 5.32 Å². The lowest BCUT2D eigenvalue weighted by Crippen LogP contribution is -2.36. The summed E-state index contributed by atoms with van der Waals surface area (Å²) in [5.74, 6) is 0. The van der Waals surface area contributed by atoms with Gasteiger partial charge in [0.25, 0.3) is 0 Å². The Morgan fingerprint density at radius 2 is 1.78 bits per heavy atom. The van der Waals surface area contributed by atoms with Crippen molar-refractivity contribution in [3.05, 3.63) is 48.0 Å². The quantitative estimate of drug-likeness (QED) is 0.718. The molecule has 27 heavy (non-hydrogen) atoms. The summed E-state index contributed by atoms with van der Waals surface area (Å²) in [4.78, 5) is 4.50. The minimum Gasteiger partial charge on any atom is -0.354 e. The van der Waals surface area contributed by atoms with E-state index in [1.807, 2.05) is 43.4 Å². The Labute approximate surface area is 165 Å². The Morgan fingerprint density at radius 3 is 2.63 bits per heavy atom. The van der Waals surface area contributed by atoms with E-state index in [0.29, 0.717) is 13.1 Å². The smallest absolute Gasteiger partial charge is 0.220 e. The van der Waals surface area contributed by atoms with Crippen molar-refractivity contribution < 1.29 is 8.42 Å². The van der Waals surface area contributed by atoms with Crippen molar-refractivity contribution in [3.8, 4) is 0 Å². The molecule has 1 unspecified atom stereocenters. The Hall–Kier alpha value is -1.54. The first-order valence-electron chi connectivity index (χ1n) is 9.30. The van der Waals surface area contributed by atoms with E-state index in [4.69, 9.17) is 0 Å². The topological polar surface area (TPSA) is 52.7 Å². The number of sulfonamides is 1. The van der Waals surface area contributed by atoms with Gasteiger partial charge in [-0.05, 0) is 56.8 Å². The normalized spacial score (nSPS) is 19.5. The molecule has 0 aliphatic carbocycles. The molecule has 0 radical (unpaired) electrons. The summed E-state index contributed by atoms with van der Waals surface area (Å²) in [6.45, 7) is 4.69. The maximum atomic E-state index is 13.2. The predicted octanol–water partition coefficient (Wildman–Crippen LogP) is 3.92. The van der Waals surface area contributed by atoms with Gasteiger partial charge in [0, 0.05) is 29.4 Å². The largest absolute Gasteiger partial charge is 0.354 e. The van der Waals surface area contributed by atoms with E-state index in [2.05, 4.69) is 16.3 Å². The molecule has 144 valence electrons. The Balaban J connectivity index is 1.59. The standard InChI is InChI=1S/C20H25N3O2S2/c1-15(27(24,25)23-11-5-10-22(2)12-13-23)16-8-9-20-18(14-16)21-17-6-3-4-7-19(17)26-20/h3-4,6-9,14-15,21H,5,10-13H2,1-2H3. The van der Waals surface area contributed by atoms with E-state index in [1.54, 1.807) is 23.0 Å². The molecule has 1 atom stereocenters. The van der Waals surface area contributed by atoms with Crippen molar-refractivity contribution in [2.75, 3.05) is 38.5 Å². The lowest BCUT2D eigenvalue weighted by atomic mass is 10.1. The van der Waals surface area contributed by atoms with E-state index in [9.17, 15) is 8.42 Å². The first kappa shape index (κ1) is 18.8. The minimum atomic E-state index is -3.38. The van der Waals surface area contributed by atoms with E-state index >= 15 is 0 Å². The summed E-state index contributed by atoms with van der Waals surface area (Å²) in [5.41, 5.74) is 2.88. The van der Waals surface area contributed by atoms with Gasteiger partial charge in [-0.25, -0.2) is 12.7 Å². The monoisotopic (exact) mass is 403 g/mol. The van der Waals surface area contributed by atoms with Crippen molar-refractivity contribution in [1.29, 1.82) is 0 Å². The van der Waals surface area contributed by atoms with Crippen LogP contribution in [0.25, 0.3) is 0 Å². The molecule has 2 aromatic carbocycles. The van der Waals surface area contributed by atoms with Crippen LogP contribution >= 0.6 is 11.8 Å². The van der Waals surface area contributed by atoms with Crippen molar-refractivity contribution >= 4 is 33.2 Å². The number of fused-ring (bicyclic) bond motifs is 2. The van der Waals surface area contributed by atoms with Crippen LogP contribution in [0.5, 0.6) is 0 Å². The van der Waals surface area contributed by atoms with E-state index < -0.39 is 15.3 Å². The fraction of sp³-hybridized carbons (Fsp3) is 0.400. The molecule has 1 N–H and O–H groups in total. The number of nitrogens with zero attached hydrogens (tertiary/aromatic N) is 2. The lowest BCUT2D eigenvalue weighted by Gasteiger charge is -2.26. The number of anilines is 2. The molecule has 0 bridgehead atoms. The van der Waals surface area contributed by atoms with Crippen molar-refractivity contribution in [2.45, 2.75) is 28.4 Å². The van der Waals surface area contributed by atoms with E-state index in [0.717, 1.165) is 41.3 Å². The maximum absolute atomic E-state index is 13.2. The Kier molecular flexibility index (Phi) is 5.20. The number of para-hydroxylation sites is 1. The average Bonchev–Trinajstić information content (AvgIpc) is 2.90. The summed E-state index contributed by atoms with van der Waals surface area (Å²) < 4.78 is 28.1. The van der Waals surface area contributed by atoms with Crippen molar-refractivity contribution in [3.63, 3.8) is 0 Å². The zero-order valence-corrected chi connectivity index (χ0v) is 17.3. The predicted molar refractivity (Wildman–Crippen MR) is 111 cm³/mol. The average molecular weight is 404 g/mol. The number of likely N-dealkylation sites (N-methyl/N-ethyl adjacent to an activating group) is 1. The molecule has 0 saturated carbocycles. The Morgan fingerprint density at radius 1 is 1.00 bits per heavy atom. The molecule has 2 aliphatic rings. The first-order chi connectivity index (χ1) is 12.9. The molecule has 2 heterocycles. The van der Waals surface area contributed by atoms with Gasteiger partial charge >= 0.3 is 0 Å². The highest BCUT2D eigenvalue weighted by atomic mass is 32.2. The molecule has 2 aromatic rings. The van der Waals surface area contributed by atoms with Crippen LogP contribution in [0.4, 0.5) is 11.4 Å². The number of benzene rings is 2. The van der Waals surface area contributed by atoms with Crippen LogP contribution in [0.15, 0.2) is 52.3 Å². The number of nitrogens with one attached hydrogen (secondary N) is 1. The van der Waals surface area contributed by atoms with Crippen molar-refractivity contribution in [1.82, 2.24) is 9.21 Å². The van der Waals surface area contributed by atoms with Gasteiger partial charge in [0.2, 0.25) is 10.0 Å². The highest BCUT2D eigenvalue weighted by Gasteiger charge is 2.31. The minimum absolute atomic E-state index is 0.560. The summed E-state index contributed by atoms with van der Waals surface area (Å²) in [5, 5.41) is 2.89. The third kappa shape index (κ3) is 3.74. The molecule has 2 aliphatic heterocycles. The Bertz CT molecular complexity index is 946. The zero-order valence-electron chi connectivity index (χ0n) is 15.7. The molecule has 1 fully saturated rings. The van der Waals surface area contributed by atoms with Gasteiger partial charge in [-0.1, -0.05) is 30.0 Å². The summed E-state index contributed by atoms with van der Waals surface area (Å²) in [6, 6.07) is 14.1. The number of rotatable bonds is 3. The van der Waals surface area contributed by atoms with Crippen LogP contribution in [-0.2, 0) is 10.0 Å². The lowest BCUT2D eigenvalue weighted by molar-refractivity contribution is 0.346. The number of hydrogen-bond acceptors (Lipinski definition) is 5. The third-order valence-electron chi connectivity index (χ3n) is 5.33. The molecular weight excluding hydrogens is 378 g/mol. The van der Waals surface area contributed by atoms with Crippen LogP contribution in [-0.4, -0.2) is 50.8 Å². The van der Waals surface area contributed by atoms with Crippen LogP contribution in [0.3, 0.4) is 0 Å². The van der Waals surface area contributed by atoms with Crippen molar-refractivity contribution in [2.24, 2.45) is 0 Å². The molecule has 5 nitrogen and oxygen atoms in total. The van der Waals surface area contributed by atoms with Gasteiger partial charge in [-0.15, -0.1) is 0 Å². The van der Waals surface area contributed by atoms with Gasteiger partial charge in [-0.2, -0.15) is 0 Å². The molecular formula is C20H25N3O2S2. The van der Waals surface area contributed by atoms with Gasteiger partial charge in [0.15, 0.2) is 0 Å². The van der Waals surface area contributed by atoms with Gasteiger partial charge < -0.3 is 10.2 Å². The molecule has 4 rings (SSSR count). The van der Waals surface area contributed by atoms with E-state index in [1.165, 1.54) is 4.90 Å². The third-order valence-corrected chi connectivity index (χ3v) is 8.74. The summed E-state index contributed by atoms with van der Waals surface area (Å²) >= 11 is 1.71. The first-order valence-corrected chi connectivity index (χ1v) is 11.6. The molecule has 1 saturated heterocycles. The van der Waals surface area contributed by atoms with Crippen LogP contribution in [0, 0.1) is 0 Å². The molecule has 0 amide bonds. The second kappa shape index (κ2) is 7.47. The molecule has 7 heteroatoms. The second-order valence-corrected chi connectivity index (χ2v) is 10.6. The van der Waals surface area contributed by atoms with Crippen LogP contribution in [0.1, 0.15) is 24.2 Å². The number of hydrogen-bond donors (Lipinski definition) is 1. The SMILES string of the molecule is CC(c1ccc2c(c1)Nc1ccccc1S2)S(=O)(=O)N1CCCN(C)CC1. The summed E-state index contributed by atoms with van der Waals surface area (Å²) in [6.07, 6.45) is 0.877. The van der Waals surface area contributed by atoms with Gasteiger partial charge in [0.1, 0.15) is 0 Å². The van der Waals surface area contributed by atoms with Gasteiger partial charge in [-0.3, -0.25) is 0 Å². The fourth-order valence-electron chi connectivity index (χ4n) is 3.58.